The minimum atomic E-state index is -0.477. The summed E-state index contributed by atoms with van der Waals surface area (Å²) in [6, 6.07) is -0.477. The lowest BCUT2D eigenvalue weighted by Gasteiger charge is -2.31. The molecule has 2 aliphatic rings. The van der Waals surface area contributed by atoms with E-state index in [1.54, 1.807) is 12.4 Å². The number of likely N-dealkylation sites (tertiary alicyclic amines) is 1. The molecule has 1 atom stereocenters. The molecular formula is C19H27N5O3. The molecule has 0 aromatic carbocycles. The highest BCUT2D eigenvalue weighted by Gasteiger charge is 2.27. The molecule has 0 aliphatic carbocycles. The summed E-state index contributed by atoms with van der Waals surface area (Å²) in [6.45, 7) is 6.22. The van der Waals surface area contributed by atoms with E-state index in [0.29, 0.717) is 37.0 Å². The summed E-state index contributed by atoms with van der Waals surface area (Å²) in [5.74, 6) is 0.590. The Labute approximate surface area is 159 Å². The van der Waals surface area contributed by atoms with Crippen LogP contribution in [0.5, 0.6) is 0 Å². The first-order chi connectivity index (χ1) is 12.9. The van der Waals surface area contributed by atoms with Gasteiger partial charge in [0.05, 0.1) is 6.54 Å². The molecule has 3 rings (SSSR count). The Morgan fingerprint density at radius 2 is 1.89 bits per heavy atom. The molecule has 146 valence electrons. The average Bonchev–Trinajstić information content (AvgIpc) is 2.65. The lowest BCUT2D eigenvalue weighted by molar-refractivity contribution is -0.133. The lowest BCUT2D eigenvalue weighted by Crippen LogP contribution is -2.47. The SMILES string of the molecule is CC(C)C(=O)CN1CCC(c2cnc(NC3CCC(=O)NC3=O)nc2)CC1. The number of rotatable bonds is 6. The highest BCUT2D eigenvalue weighted by molar-refractivity contribution is 6.01. The minimum Gasteiger partial charge on any atom is -0.342 e. The third-order valence-electron chi connectivity index (χ3n) is 5.30. The first-order valence-corrected chi connectivity index (χ1v) is 9.59. The molecule has 0 radical (unpaired) electrons. The van der Waals surface area contributed by atoms with Crippen LogP contribution in [-0.2, 0) is 14.4 Å². The van der Waals surface area contributed by atoms with Crippen LogP contribution >= 0.6 is 0 Å². The highest BCUT2D eigenvalue weighted by atomic mass is 16.2. The predicted octanol–water partition coefficient (Wildman–Crippen LogP) is 1.10. The van der Waals surface area contributed by atoms with Crippen LogP contribution < -0.4 is 10.6 Å². The fraction of sp³-hybridized carbons (Fsp3) is 0.632. The van der Waals surface area contributed by atoms with Crippen LogP contribution in [0.1, 0.15) is 51.0 Å². The molecule has 0 saturated carbocycles. The van der Waals surface area contributed by atoms with Gasteiger partial charge in [-0.25, -0.2) is 9.97 Å². The van der Waals surface area contributed by atoms with E-state index >= 15 is 0 Å². The van der Waals surface area contributed by atoms with Gasteiger partial charge in [0.1, 0.15) is 11.8 Å². The van der Waals surface area contributed by atoms with Crippen LogP contribution in [0.25, 0.3) is 0 Å². The van der Waals surface area contributed by atoms with E-state index in [1.165, 1.54) is 0 Å². The summed E-state index contributed by atoms with van der Waals surface area (Å²) < 4.78 is 0. The number of nitrogens with one attached hydrogen (secondary N) is 2. The van der Waals surface area contributed by atoms with Crippen molar-refractivity contribution in [2.45, 2.75) is 51.5 Å². The molecule has 8 nitrogen and oxygen atoms in total. The van der Waals surface area contributed by atoms with Gasteiger partial charge in [-0.1, -0.05) is 13.8 Å². The number of aromatic nitrogens is 2. The van der Waals surface area contributed by atoms with Gasteiger partial charge in [0, 0.05) is 24.7 Å². The second kappa shape index (κ2) is 8.56. The van der Waals surface area contributed by atoms with Gasteiger partial charge >= 0.3 is 0 Å². The second-order valence-corrected chi connectivity index (χ2v) is 7.66. The molecule has 0 bridgehead atoms. The third kappa shape index (κ3) is 5.09. The number of piperidine rings is 2. The van der Waals surface area contributed by atoms with Crippen LogP contribution in [0.4, 0.5) is 5.95 Å². The van der Waals surface area contributed by atoms with Crippen LogP contribution in [0.15, 0.2) is 12.4 Å². The molecular weight excluding hydrogens is 346 g/mol. The Kier molecular flexibility index (Phi) is 6.15. The summed E-state index contributed by atoms with van der Waals surface area (Å²) in [7, 11) is 0. The zero-order valence-electron chi connectivity index (χ0n) is 15.9. The van der Waals surface area contributed by atoms with Gasteiger partial charge in [-0.3, -0.25) is 24.6 Å². The smallest absolute Gasteiger partial charge is 0.249 e. The number of hydrogen-bond donors (Lipinski definition) is 2. The van der Waals surface area contributed by atoms with Crippen molar-refractivity contribution in [1.29, 1.82) is 0 Å². The minimum absolute atomic E-state index is 0.0838. The highest BCUT2D eigenvalue weighted by Crippen LogP contribution is 2.27. The molecule has 2 N–H and O–H groups in total. The molecule has 1 unspecified atom stereocenters. The van der Waals surface area contributed by atoms with Crippen molar-refractivity contribution in [2.75, 3.05) is 25.0 Å². The van der Waals surface area contributed by atoms with E-state index in [1.807, 2.05) is 13.8 Å². The van der Waals surface area contributed by atoms with Gasteiger partial charge in [-0.05, 0) is 43.8 Å². The van der Waals surface area contributed by atoms with Crippen molar-refractivity contribution in [3.05, 3.63) is 18.0 Å². The number of ketones is 1. The Bertz CT molecular complexity index is 696. The number of nitrogens with zero attached hydrogens (tertiary/aromatic N) is 3. The maximum absolute atomic E-state index is 11.9. The Balaban J connectivity index is 1.50. The molecule has 0 spiro atoms. The van der Waals surface area contributed by atoms with Crippen molar-refractivity contribution < 1.29 is 14.4 Å². The number of Topliss-reactive ketones (excluding diaryl/α,β-unsaturated/α-hetero) is 1. The number of imide groups is 1. The fourth-order valence-electron chi connectivity index (χ4n) is 3.44. The van der Waals surface area contributed by atoms with Gasteiger partial charge in [0.15, 0.2) is 0 Å². The summed E-state index contributed by atoms with van der Waals surface area (Å²) in [5, 5.41) is 5.30. The average molecular weight is 373 g/mol. The van der Waals surface area contributed by atoms with Crippen molar-refractivity contribution in [2.24, 2.45) is 5.92 Å². The van der Waals surface area contributed by atoms with Gasteiger partial charge in [0.2, 0.25) is 17.8 Å². The standard InChI is InChI=1S/C19H27N5O3/c1-12(2)16(25)11-24-7-5-13(6-8-24)14-9-20-19(21-10-14)22-15-3-4-17(26)23-18(15)27/h9-10,12-13,15H,3-8,11H2,1-2H3,(H,20,21,22)(H,23,26,27). The van der Waals surface area contributed by atoms with Crippen molar-refractivity contribution in [3.8, 4) is 0 Å². The van der Waals surface area contributed by atoms with E-state index in [4.69, 9.17) is 0 Å². The summed E-state index contributed by atoms with van der Waals surface area (Å²) >= 11 is 0. The monoisotopic (exact) mass is 373 g/mol. The molecule has 2 amide bonds. The maximum atomic E-state index is 11.9. The van der Waals surface area contributed by atoms with Gasteiger partial charge in [0.25, 0.3) is 0 Å². The molecule has 8 heteroatoms. The molecule has 2 saturated heterocycles. The number of carbonyl (C=O) groups excluding carboxylic acids is 3. The predicted molar refractivity (Wildman–Crippen MR) is 100 cm³/mol. The molecule has 2 fully saturated rings. The Morgan fingerprint density at radius 3 is 2.48 bits per heavy atom. The van der Waals surface area contributed by atoms with E-state index in [0.717, 1.165) is 31.5 Å². The topological polar surface area (TPSA) is 104 Å². The van der Waals surface area contributed by atoms with Gasteiger partial charge < -0.3 is 5.32 Å². The normalized spacial score (nSPS) is 22.0. The zero-order valence-corrected chi connectivity index (χ0v) is 15.9. The molecule has 1 aromatic heterocycles. The van der Waals surface area contributed by atoms with Crippen molar-refractivity contribution in [3.63, 3.8) is 0 Å². The second-order valence-electron chi connectivity index (χ2n) is 7.66. The number of carbonyl (C=O) groups is 3. The maximum Gasteiger partial charge on any atom is 0.249 e. The molecule has 2 aliphatic heterocycles. The molecule has 1 aromatic rings. The fourth-order valence-corrected chi connectivity index (χ4v) is 3.44. The van der Waals surface area contributed by atoms with Crippen molar-refractivity contribution >= 4 is 23.5 Å². The lowest BCUT2D eigenvalue weighted by atomic mass is 9.91. The van der Waals surface area contributed by atoms with Gasteiger partial charge in [-0.15, -0.1) is 0 Å². The number of amides is 2. The van der Waals surface area contributed by atoms with Gasteiger partial charge in [-0.2, -0.15) is 0 Å². The Hall–Kier alpha value is -2.35. The van der Waals surface area contributed by atoms with Crippen molar-refractivity contribution in [1.82, 2.24) is 20.2 Å². The summed E-state index contributed by atoms with van der Waals surface area (Å²) in [6.07, 6.45) is 6.34. The number of anilines is 1. The Morgan fingerprint density at radius 1 is 1.22 bits per heavy atom. The van der Waals surface area contributed by atoms with E-state index in [-0.39, 0.29) is 17.7 Å². The molecule has 27 heavy (non-hydrogen) atoms. The first kappa shape index (κ1) is 19.4. The number of hydrogen-bond acceptors (Lipinski definition) is 7. The molecule has 3 heterocycles. The van der Waals surface area contributed by atoms with E-state index in [2.05, 4.69) is 25.5 Å². The van der Waals surface area contributed by atoms with Crippen LogP contribution in [0, 0.1) is 5.92 Å². The van der Waals surface area contributed by atoms with Crippen LogP contribution in [0.3, 0.4) is 0 Å². The van der Waals surface area contributed by atoms with E-state index in [9.17, 15) is 14.4 Å². The summed E-state index contributed by atoms with van der Waals surface area (Å²) in [4.78, 5) is 45.8. The third-order valence-corrected chi connectivity index (χ3v) is 5.30. The van der Waals surface area contributed by atoms with Crippen LogP contribution in [-0.4, -0.2) is 58.1 Å². The zero-order chi connectivity index (χ0) is 19.4. The summed E-state index contributed by atoms with van der Waals surface area (Å²) in [5.41, 5.74) is 1.08. The first-order valence-electron chi connectivity index (χ1n) is 9.59. The largest absolute Gasteiger partial charge is 0.342 e. The van der Waals surface area contributed by atoms with E-state index < -0.39 is 6.04 Å². The quantitative estimate of drug-likeness (QED) is 0.720. The van der Waals surface area contributed by atoms with Crippen LogP contribution in [0.2, 0.25) is 0 Å².